The average Bonchev–Trinajstić information content (AvgIpc) is 2.89. The summed E-state index contributed by atoms with van der Waals surface area (Å²) in [6.07, 6.45) is -0.183. The second-order valence-electron chi connectivity index (χ2n) is 10.3. The molecule has 1 saturated carbocycles. The molecule has 1 heterocycles. The number of hydrogen-bond acceptors (Lipinski definition) is 4. The zero-order valence-electron chi connectivity index (χ0n) is 21.1. The third-order valence-electron chi connectivity index (χ3n) is 7.82. The lowest BCUT2D eigenvalue weighted by Crippen LogP contribution is -2.44. The third-order valence-corrected chi connectivity index (χ3v) is 9.57. The Morgan fingerprint density at radius 3 is 2.22 bits per heavy atom. The maximum atomic E-state index is 13.0. The van der Waals surface area contributed by atoms with Gasteiger partial charge in [-0.2, -0.15) is 13.2 Å². The normalized spacial score (nSPS) is 23.5. The quantitative estimate of drug-likeness (QED) is 0.474. The van der Waals surface area contributed by atoms with E-state index in [4.69, 9.17) is 0 Å². The fourth-order valence-electron chi connectivity index (χ4n) is 5.59. The van der Waals surface area contributed by atoms with E-state index in [1.54, 1.807) is 19.1 Å². The molecule has 1 aliphatic heterocycles. The first-order valence-electron chi connectivity index (χ1n) is 13.1. The molecule has 2 aliphatic rings. The number of carbonyl (C=O) groups excluding carboxylic acids is 1. The maximum absolute atomic E-state index is 13.0. The molecule has 0 radical (unpaired) electrons. The number of alkyl halides is 3. The van der Waals surface area contributed by atoms with Crippen molar-refractivity contribution in [3.63, 3.8) is 0 Å². The van der Waals surface area contributed by atoms with Crippen molar-refractivity contribution in [1.29, 1.82) is 0 Å². The predicted octanol–water partition coefficient (Wildman–Crippen LogP) is 5.96. The summed E-state index contributed by atoms with van der Waals surface area (Å²) in [7, 11) is -3.27. The second kappa shape index (κ2) is 11.6. The topological polar surface area (TPSA) is 66.5 Å². The van der Waals surface area contributed by atoms with Crippen molar-refractivity contribution in [3.05, 3.63) is 59.7 Å². The van der Waals surface area contributed by atoms with Gasteiger partial charge in [0.15, 0.2) is 9.84 Å². The van der Waals surface area contributed by atoms with Crippen LogP contribution in [0.4, 0.5) is 18.9 Å². The van der Waals surface area contributed by atoms with Gasteiger partial charge in [-0.1, -0.05) is 31.2 Å². The summed E-state index contributed by atoms with van der Waals surface area (Å²) in [5.74, 6) is -0.970. The number of halogens is 3. The molecule has 9 heteroatoms. The predicted molar refractivity (Wildman–Crippen MR) is 138 cm³/mol. The fraction of sp³-hybridized carbons (Fsp3) is 0.536. The number of likely N-dealkylation sites (tertiary alicyclic amines) is 1. The molecule has 1 atom stereocenters. The van der Waals surface area contributed by atoms with Crippen molar-refractivity contribution in [2.45, 2.75) is 74.9 Å². The summed E-state index contributed by atoms with van der Waals surface area (Å²) in [4.78, 5) is 15.1. The van der Waals surface area contributed by atoms with Crippen LogP contribution in [-0.4, -0.2) is 50.3 Å². The van der Waals surface area contributed by atoms with Crippen molar-refractivity contribution >= 4 is 21.4 Å². The lowest BCUT2D eigenvalue weighted by Gasteiger charge is -2.41. The number of carbonyl (C=O) groups is 1. The molecular formula is C28H35F3N2O3S. The number of nitrogens with zero attached hydrogens (tertiary/aromatic N) is 1. The Labute approximate surface area is 217 Å². The number of nitrogens with one attached hydrogen (secondary N) is 1. The minimum Gasteiger partial charge on any atom is -0.326 e. The molecular weight excluding hydrogens is 501 g/mol. The summed E-state index contributed by atoms with van der Waals surface area (Å²) in [6, 6.07) is 14.4. The first-order valence-corrected chi connectivity index (χ1v) is 14.7. The van der Waals surface area contributed by atoms with Crippen LogP contribution in [0.3, 0.4) is 0 Å². The minimum atomic E-state index is -4.07. The van der Waals surface area contributed by atoms with Crippen LogP contribution in [0, 0.1) is 5.92 Å². The Kier molecular flexibility index (Phi) is 8.63. The van der Waals surface area contributed by atoms with E-state index in [2.05, 4.69) is 10.2 Å². The summed E-state index contributed by atoms with van der Waals surface area (Å²) in [5, 5.41) is 2.89. The molecule has 2 aromatic rings. The lowest BCUT2D eigenvalue weighted by atomic mass is 9.83. The molecule has 2 fully saturated rings. The van der Waals surface area contributed by atoms with Crippen molar-refractivity contribution in [2.75, 3.05) is 24.2 Å². The number of benzene rings is 2. The van der Waals surface area contributed by atoms with Gasteiger partial charge in [0.1, 0.15) is 0 Å². The van der Waals surface area contributed by atoms with Gasteiger partial charge in [0, 0.05) is 18.3 Å². The monoisotopic (exact) mass is 536 g/mol. The number of piperidine rings is 1. The van der Waals surface area contributed by atoms with Crippen LogP contribution in [0.5, 0.6) is 0 Å². The van der Waals surface area contributed by atoms with Crippen LogP contribution in [-0.2, 0) is 21.1 Å². The van der Waals surface area contributed by atoms with Gasteiger partial charge in [-0.25, -0.2) is 8.42 Å². The zero-order chi connectivity index (χ0) is 26.6. The standard InChI is InChI=1S/C28H35F3N2O3S/c1-2-37(35,36)26-15-5-20(6-16-26)18-27(34)32-24-11-7-21(8-12-24)22-4-3-17-33(19-22)25-13-9-23(10-14-25)28(29,30)31/h5-8,11-12,15-16,22-23,25H,2-4,9-10,13-14,17-19H2,1H3,(H,32,34). The molecule has 4 rings (SSSR count). The second-order valence-corrected chi connectivity index (χ2v) is 12.6. The zero-order valence-corrected chi connectivity index (χ0v) is 22.0. The molecule has 202 valence electrons. The van der Waals surface area contributed by atoms with Gasteiger partial charge in [0.2, 0.25) is 5.91 Å². The van der Waals surface area contributed by atoms with Crippen molar-refractivity contribution in [2.24, 2.45) is 5.92 Å². The lowest BCUT2D eigenvalue weighted by molar-refractivity contribution is -0.184. The third kappa shape index (κ3) is 7.13. The van der Waals surface area contributed by atoms with Gasteiger partial charge in [-0.05, 0) is 86.4 Å². The van der Waals surface area contributed by atoms with Crippen LogP contribution in [0.25, 0.3) is 0 Å². The maximum Gasteiger partial charge on any atom is 0.391 e. The largest absolute Gasteiger partial charge is 0.391 e. The van der Waals surface area contributed by atoms with Crippen LogP contribution in [0.15, 0.2) is 53.4 Å². The van der Waals surface area contributed by atoms with E-state index in [-0.39, 0.29) is 41.9 Å². The SMILES string of the molecule is CCS(=O)(=O)c1ccc(CC(=O)Nc2ccc(C3CCCN(C4CCC(C(F)(F)F)CC4)C3)cc2)cc1. The Hall–Kier alpha value is -2.39. The van der Waals surface area contributed by atoms with E-state index in [1.807, 2.05) is 24.3 Å². The van der Waals surface area contributed by atoms with E-state index in [0.29, 0.717) is 24.4 Å². The highest BCUT2D eigenvalue weighted by Gasteiger charge is 2.42. The van der Waals surface area contributed by atoms with Gasteiger partial charge in [-0.15, -0.1) is 0 Å². The van der Waals surface area contributed by atoms with Gasteiger partial charge < -0.3 is 5.32 Å². The molecule has 1 saturated heterocycles. The molecule has 1 N–H and O–H groups in total. The summed E-state index contributed by atoms with van der Waals surface area (Å²) < 4.78 is 62.9. The van der Waals surface area contributed by atoms with Crippen LogP contribution in [0.1, 0.15) is 62.5 Å². The summed E-state index contributed by atoms with van der Waals surface area (Å²) in [6.45, 7) is 3.40. The highest BCUT2D eigenvalue weighted by atomic mass is 32.2. The molecule has 5 nitrogen and oxygen atoms in total. The number of rotatable bonds is 7. The van der Waals surface area contributed by atoms with E-state index in [9.17, 15) is 26.4 Å². The Bertz CT molecular complexity index is 1160. The van der Waals surface area contributed by atoms with E-state index >= 15 is 0 Å². The van der Waals surface area contributed by atoms with Crippen molar-refractivity contribution in [1.82, 2.24) is 4.90 Å². The number of anilines is 1. The van der Waals surface area contributed by atoms with E-state index < -0.39 is 21.9 Å². The average molecular weight is 537 g/mol. The van der Waals surface area contributed by atoms with Crippen LogP contribution >= 0.6 is 0 Å². The number of amides is 1. The van der Waals surface area contributed by atoms with E-state index in [1.165, 1.54) is 17.7 Å². The number of sulfone groups is 1. The molecule has 0 bridgehead atoms. The first-order chi connectivity index (χ1) is 17.5. The number of hydrogen-bond donors (Lipinski definition) is 1. The summed E-state index contributed by atoms with van der Waals surface area (Å²) in [5.41, 5.74) is 2.60. The summed E-state index contributed by atoms with van der Waals surface area (Å²) >= 11 is 0. The highest BCUT2D eigenvalue weighted by molar-refractivity contribution is 7.91. The molecule has 0 aromatic heterocycles. The van der Waals surface area contributed by atoms with Gasteiger partial charge in [-0.3, -0.25) is 9.69 Å². The Morgan fingerprint density at radius 2 is 1.62 bits per heavy atom. The molecule has 0 spiro atoms. The van der Waals surface area contributed by atoms with Gasteiger partial charge in [0.05, 0.1) is 23.0 Å². The van der Waals surface area contributed by atoms with Gasteiger partial charge in [0.25, 0.3) is 0 Å². The molecule has 1 amide bonds. The first kappa shape index (κ1) is 27.6. The van der Waals surface area contributed by atoms with Crippen molar-refractivity contribution in [3.8, 4) is 0 Å². The minimum absolute atomic E-state index is 0.0324. The highest BCUT2D eigenvalue weighted by Crippen LogP contribution is 2.40. The smallest absolute Gasteiger partial charge is 0.326 e. The Balaban J connectivity index is 1.29. The van der Waals surface area contributed by atoms with Crippen molar-refractivity contribution < 1.29 is 26.4 Å². The molecule has 2 aromatic carbocycles. The van der Waals surface area contributed by atoms with Crippen LogP contribution in [0.2, 0.25) is 0 Å². The fourth-order valence-corrected chi connectivity index (χ4v) is 6.47. The Morgan fingerprint density at radius 1 is 0.973 bits per heavy atom. The van der Waals surface area contributed by atoms with E-state index in [0.717, 1.165) is 31.5 Å². The molecule has 37 heavy (non-hydrogen) atoms. The van der Waals surface area contributed by atoms with Gasteiger partial charge >= 0.3 is 6.18 Å². The molecule has 1 unspecified atom stereocenters. The van der Waals surface area contributed by atoms with Crippen LogP contribution < -0.4 is 5.32 Å². The molecule has 1 aliphatic carbocycles.